The normalized spacial score (nSPS) is 15.0. The average molecular weight is 296 g/mol. The van der Waals surface area contributed by atoms with Crippen LogP contribution in [0.4, 0.5) is 5.69 Å². The van der Waals surface area contributed by atoms with E-state index in [1.165, 1.54) is 0 Å². The van der Waals surface area contributed by atoms with Gasteiger partial charge in [0.05, 0.1) is 13.2 Å². The summed E-state index contributed by atoms with van der Waals surface area (Å²) in [6.07, 6.45) is 1.30. The maximum Gasteiger partial charge on any atom is 0.224 e. The van der Waals surface area contributed by atoms with Gasteiger partial charge < -0.3 is 15.8 Å². The number of carbonyl (C=O) groups excluding carboxylic acids is 1. The Labute approximate surface area is 130 Å². The molecule has 2 aromatic carbocycles. The van der Waals surface area contributed by atoms with Crippen molar-refractivity contribution in [1.29, 1.82) is 0 Å². The number of amides is 1. The first kappa shape index (κ1) is 14.6. The highest BCUT2D eigenvalue weighted by Crippen LogP contribution is 2.31. The zero-order valence-corrected chi connectivity index (χ0v) is 12.8. The van der Waals surface area contributed by atoms with E-state index in [0.29, 0.717) is 6.42 Å². The van der Waals surface area contributed by atoms with Crippen molar-refractivity contribution in [3.63, 3.8) is 0 Å². The highest BCUT2D eigenvalue weighted by Gasteiger charge is 2.19. The molecule has 1 aliphatic rings. The molecular formula is C18H20N2O2. The average Bonchev–Trinajstić information content (AvgIpc) is 2.54. The molecule has 1 atom stereocenters. The second-order valence-electron chi connectivity index (χ2n) is 5.67. The summed E-state index contributed by atoms with van der Waals surface area (Å²) >= 11 is 0. The highest BCUT2D eigenvalue weighted by atomic mass is 16.5. The fourth-order valence-corrected chi connectivity index (χ4v) is 2.92. The molecule has 4 nitrogen and oxygen atoms in total. The molecule has 4 heteroatoms. The molecule has 1 aliphatic heterocycles. The molecule has 1 amide bonds. The number of rotatable bonds is 3. The first-order valence-corrected chi connectivity index (χ1v) is 7.41. The molecule has 0 saturated carbocycles. The molecule has 0 spiro atoms. The number of carbonyl (C=O) groups is 1. The smallest absolute Gasteiger partial charge is 0.224 e. The van der Waals surface area contributed by atoms with Gasteiger partial charge in [0, 0.05) is 12.1 Å². The van der Waals surface area contributed by atoms with Gasteiger partial charge in [0.1, 0.15) is 5.75 Å². The standard InChI is InChI=1S/C18H20N2O2/c1-11-8-14(9-13-6-7-16(21)20-18(11)13)17(19)12-4-3-5-15(10-12)22-2/h3-5,8-10,17H,6-7,19H2,1-2H3,(H,20,21). The van der Waals surface area contributed by atoms with E-state index in [0.717, 1.165) is 40.1 Å². The fourth-order valence-electron chi connectivity index (χ4n) is 2.92. The summed E-state index contributed by atoms with van der Waals surface area (Å²) in [4.78, 5) is 11.5. The molecule has 22 heavy (non-hydrogen) atoms. The molecule has 0 saturated heterocycles. The minimum atomic E-state index is -0.211. The summed E-state index contributed by atoms with van der Waals surface area (Å²) in [5.74, 6) is 0.885. The van der Waals surface area contributed by atoms with Crippen molar-refractivity contribution in [2.24, 2.45) is 5.73 Å². The lowest BCUT2D eigenvalue weighted by Gasteiger charge is -2.22. The van der Waals surface area contributed by atoms with E-state index in [-0.39, 0.29) is 11.9 Å². The third-order valence-corrected chi connectivity index (χ3v) is 4.14. The molecule has 0 aromatic heterocycles. The van der Waals surface area contributed by atoms with E-state index in [9.17, 15) is 4.79 Å². The minimum Gasteiger partial charge on any atom is -0.497 e. The molecule has 0 radical (unpaired) electrons. The monoisotopic (exact) mass is 296 g/mol. The molecule has 114 valence electrons. The number of fused-ring (bicyclic) bond motifs is 1. The van der Waals surface area contributed by atoms with Gasteiger partial charge in [-0.2, -0.15) is 0 Å². The zero-order chi connectivity index (χ0) is 15.7. The van der Waals surface area contributed by atoms with Crippen LogP contribution in [0.25, 0.3) is 0 Å². The van der Waals surface area contributed by atoms with Gasteiger partial charge in [-0.1, -0.05) is 24.3 Å². The number of methoxy groups -OCH3 is 1. The van der Waals surface area contributed by atoms with Crippen molar-refractivity contribution >= 4 is 11.6 Å². The second kappa shape index (κ2) is 5.81. The number of hydrogen-bond donors (Lipinski definition) is 2. The van der Waals surface area contributed by atoms with Gasteiger partial charge in [0.2, 0.25) is 5.91 Å². The lowest BCUT2D eigenvalue weighted by molar-refractivity contribution is -0.116. The van der Waals surface area contributed by atoms with Crippen LogP contribution < -0.4 is 15.8 Å². The van der Waals surface area contributed by atoms with Crippen molar-refractivity contribution in [1.82, 2.24) is 0 Å². The Kier molecular flexibility index (Phi) is 3.86. The lowest BCUT2D eigenvalue weighted by atomic mass is 9.91. The van der Waals surface area contributed by atoms with Crippen LogP contribution in [0.3, 0.4) is 0 Å². The van der Waals surface area contributed by atoms with E-state index >= 15 is 0 Å². The molecule has 0 fully saturated rings. The highest BCUT2D eigenvalue weighted by molar-refractivity contribution is 5.94. The number of benzene rings is 2. The Morgan fingerprint density at radius 2 is 2.00 bits per heavy atom. The van der Waals surface area contributed by atoms with Crippen LogP contribution in [0.1, 0.15) is 34.7 Å². The van der Waals surface area contributed by atoms with Crippen LogP contribution in [-0.4, -0.2) is 13.0 Å². The Morgan fingerprint density at radius 1 is 1.18 bits per heavy atom. The Hall–Kier alpha value is -2.33. The number of anilines is 1. The number of nitrogens with two attached hydrogens (primary N) is 1. The maximum absolute atomic E-state index is 11.5. The SMILES string of the molecule is COc1cccc(C(N)c2cc(C)c3c(c2)CCC(=O)N3)c1. The Bertz CT molecular complexity index is 725. The summed E-state index contributed by atoms with van der Waals surface area (Å²) in [5.41, 5.74) is 11.7. The molecule has 1 heterocycles. The summed E-state index contributed by atoms with van der Waals surface area (Å²) in [6, 6.07) is 11.8. The molecule has 3 rings (SSSR count). The maximum atomic E-state index is 11.5. The zero-order valence-electron chi connectivity index (χ0n) is 12.8. The number of hydrogen-bond acceptors (Lipinski definition) is 3. The Balaban J connectivity index is 1.97. The molecule has 0 bridgehead atoms. The van der Waals surface area contributed by atoms with Crippen LogP contribution in [0.2, 0.25) is 0 Å². The minimum absolute atomic E-state index is 0.0837. The van der Waals surface area contributed by atoms with Crippen molar-refractivity contribution in [2.45, 2.75) is 25.8 Å². The van der Waals surface area contributed by atoms with E-state index in [1.807, 2.05) is 31.2 Å². The van der Waals surface area contributed by atoms with Crippen molar-refractivity contribution < 1.29 is 9.53 Å². The van der Waals surface area contributed by atoms with E-state index in [4.69, 9.17) is 10.5 Å². The largest absolute Gasteiger partial charge is 0.497 e. The van der Waals surface area contributed by atoms with Crippen LogP contribution >= 0.6 is 0 Å². The lowest BCUT2D eigenvalue weighted by Crippen LogP contribution is -2.21. The third kappa shape index (κ3) is 2.70. The van der Waals surface area contributed by atoms with Gasteiger partial charge in [0.15, 0.2) is 0 Å². The number of aryl methyl sites for hydroxylation is 2. The first-order valence-electron chi connectivity index (χ1n) is 7.41. The molecule has 3 N–H and O–H groups in total. The summed E-state index contributed by atoms with van der Waals surface area (Å²) in [5, 5.41) is 2.95. The summed E-state index contributed by atoms with van der Waals surface area (Å²) in [7, 11) is 1.65. The van der Waals surface area contributed by atoms with Crippen molar-refractivity contribution in [3.05, 3.63) is 58.7 Å². The predicted octanol–water partition coefficient (Wildman–Crippen LogP) is 2.94. The number of ether oxygens (including phenoxy) is 1. The number of nitrogens with one attached hydrogen (secondary N) is 1. The van der Waals surface area contributed by atoms with Crippen LogP contribution in [-0.2, 0) is 11.2 Å². The van der Waals surface area contributed by atoms with Crippen molar-refractivity contribution in [2.75, 3.05) is 12.4 Å². The summed E-state index contributed by atoms with van der Waals surface area (Å²) in [6.45, 7) is 2.01. The van der Waals surface area contributed by atoms with Gasteiger partial charge in [-0.15, -0.1) is 0 Å². The van der Waals surface area contributed by atoms with E-state index < -0.39 is 0 Å². The van der Waals surface area contributed by atoms with Gasteiger partial charge >= 0.3 is 0 Å². The van der Waals surface area contributed by atoms with Gasteiger partial charge in [-0.05, 0) is 47.7 Å². The predicted molar refractivity (Wildman–Crippen MR) is 87.2 cm³/mol. The van der Waals surface area contributed by atoms with Gasteiger partial charge in [-0.3, -0.25) is 4.79 Å². The molecule has 2 aromatic rings. The molecular weight excluding hydrogens is 276 g/mol. The second-order valence-corrected chi connectivity index (χ2v) is 5.67. The third-order valence-electron chi connectivity index (χ3n) is 4.14. The Morgan fingerprint density at radius 3 is 2.77 bits per heavy atom. The first-order chi connectivity index (χ1) is 10.6. The topological polar surface area (TPSA) is 64.3 Å². The quantitative estimate of drug-likeness (QED) is 0.915. The van der Waals surface area contributed by atoms with Gasteiger partial charge in [-0.25, -0.2) is 0 Å². The van der Waals surface area contributed by atoms with Crippen LogP contribution in [0.5, 0.6) is 5.75 Å². The molecule has 1 unspecified atom stereocenters. The van der Waals surface area contributed by atoms with Crippen LogP contribution in [0.15, 0.2) is 36.4 Å². The fraction of sp³-hybridized carbons (Fsp3) is 0.278. The van der Waals surface area contributed by atoms with Crippen molar-refractivity contribution in [3.8, 4) is 5.75 Å². The van der Waals surface area contributed by atoms with Gasteiger partial charge in [0.25, 0.3) is 0 Å². The molecule has 0 aliphatic carbocycles. The van der Waals surface area contributed by atoms with E-state index in [2.05, 4.69) is 17.4 Å². The van der Waals surface area contributed by atoms with E-state index in [1.54, 1.807) is 7.11 Å². The summed E-state index contributed by atoms with van der Waals surface area (Å²) < 4.78 is 5.26. The van der Waals surface area contributed by atoms with Crippen LogP contribution in [0, 0.1) is 6.92 Å².